The van der Waals surface area contributed by atoms with Crippen molar-refractivity contribution in [2.75, 3.05) is 92.3 Å². The van der Waals surface area contributed by atoms with Gasteiger partial charge in [-0.25, -0.2) is 4.79 Å². The molecular weight excluding hydrogens is 458 g/mol. The first-order valence-electron chi connectivity index (χ1n) is 12.5. The lowest BCUT2D eigenvalue weighted by atomic mass is 10.1. The largest absolute Gasteiger partial charge is 0.481 e. The zero-order chi connectivity index (χ0) is 24.6. The second-order valence-electron chi connectivity index (χ2n) is 11.6. The van der Waals surface area contributed by atoms with Crippen LogP contribution in [0.25, 0.3) is 0 Å². The highest BCUT2D eigenvalue weighted by Gasteiger charge is 2.97. The number of amides is 2. The van der Waals surface area contributed by atoms with Gasteiger partial charge in [0, 0.05) is 19.4 Å². The minimum absolute atomic E-state index is 0.126. The first-order valence-corrected chi connectivity index (χ1v) is 13.8. The predicted octanol–water partition coefficient (Wildman–Crippen LogP) is -0.897. The maximum absolute atomic E-state index is 13.4. The number of carbonyl (C=O) groups is 4. The number of rotatable bonds is 9. The zero-order valence-corrected chi connectivity index (χ0v) is 21.5. The van der Waals surface area contributed by atoms with Gasteiger partial charge in [0.1, 0.15) is 52.4 Å². The van der Waals surface area contributed by atoms with Crippen LogP contribution >= 0.6 is 11.8 Å². The summed E-state index contributed by atoms with van der Waals surface area (Å²) in [6, 6.07) is 0. The predicted molar refractivity (Wildman–Crippen MR) is 125 cm³/mol. The number of carbonyl (C=O) groups excluding carboxylic acids is 3. The van der Waals surface area contributed by atoms with Crippen LogP contribution in [-0.4, -0.2) is 155 Å². The van der Waals surface area contributed by atoms with E-state index in [1.807, 2.05) is 6.26 Å². The third kappa shape index (κ3) is 2.84. The Labute approximate surface area is 205 Å². The van der Waals surface area contributed by atoms with E-state index in [2.05, 4.69) is 14.1 Å². The van der Waals surface area contributed by atoms with E-state index in [0.29, 0.717) is 34.9 Å². The quantitative estimate of drug-likeness (QED) is 0.328. The fraction of sp³-hybridized carbons (Fsp3) is 0.826. The molecule has 10 nitrogen and oxygen atoms in total. The number of nitrogens with zero attached hydrogens (tertiary/aromatic N) is 5. The van der Waals surface area contributed by atoms with E-state index >= 15 is 0 Å². The molecule has 188 valence electrons. The van der Waals surface area contributed by atoms with Crippen molar-refractivity contribution in [1.82, 2.24) is 4.90 Å². The molecule has 1 N–H and O–H groups in total. The van der Waals surface area contributed by atoms with E-state index in [-0.39, 0.29) is 41.7 Å². The summed E-state index contributed by atoms with van der Waals surface area (Å²) in [5.41, 5.74) is 0. The molecule has 0 aromatic carbocycles. The molecule has 0 aromatic rings. The van der Waals surface area contributed by atoms with Crippen LogP contribution in [0.4, 0.5) is 0 Å². The highest BCUT2D eigenvalue weighted by Crippen LogP contribution is 2.61. The zero-order valence-electron chi connectivity index (χ0n) is 20.7. The lowest BCUT2D eigenvalue weighted by Gasteiger charge is -2.48. The average molecular weight is 498 g/mol. The number of hydrogen-bond acceptors (Lipinski definition) is 5. The Morgan fingerprint density at radius 2 is 1.50 bits per heavy atom. The van der Waals surface area contributed by atoms with Crippen molar-refractivity contribution in [3.8, 4) is 0 Å². The van der Waals surface area contributed by atoms with Crippen LogP contribution in [0.2, 0.25) is 0 Å². The molecule has 11 heteroatoms. The molecular formula is C23H39N5O5S+4. The number of hydrogen-bond donors (Lipinski definition) is 1. The van der Waals surface area contributed by atoms with Crippen molar-refractivity contribution in [2.24, 2.45) is 0 Å². The van der Waals surface area contributed by atoms with Crippen LogP contribution in [0.5, 0.6) is 0 Å². The van der Waals surface area contributed by atoms with Gasteiger partial charge in [-0.05, 0) is 12.7 Å². The smallest absolute Gasteiger partial charge is 0.477 e. The van der Waals surface area contributed by atoms with Crippen molar-refractivity contribution in [3.63, 3.8) is 0 Å². The van der Waals surface area contributed by atoms with Gasteiger partial charge in [0.15, 0.2) is 18.9 Å². The van der Waals surface area contributed by atoms with Crippen LogP contribution < -0.4 is 0 Å². The lowest BCUT2D eigenvalue weighted by molar-refractivity contribution is -1.36. The van der Waals surface area contributed by atoms with E-state index in [1.54, 1.807) is 0 Å². The molecule has 5 heterocycles. The molecule has 1 spiro atoms. The molecule has 5 fully saturated rings. The van der Waals surface area contributed by atoms with Gasteiger partial charge in [0.25, 0.3) is 0 Å². The molecule has 5 rings (SSSR count). The minimum Gasteiger partial charge on any atom is -0.477 e. The number of imide groups is 1. The highest BCUT2D eigenvalue weighted by molar-refractivity contribution is 8.00. The fourth-order valence-electron chi connectivity index (χ4n) is 9.09. The Morgan fingerprint density at radius 1 is 0.971 bits per heavy atom. The van der Waals surface area contributed by atoms with Gasteiger partial charge in [0.05, 0.1) is 19.3 Å². The second-order valence-corrected chi connectivity index (χ2v) is 12.7. The Morgan fingerprint density at radius 3 is 2.03 bits per heavy atom. The highest BCUT2D eigenvalue weighted by atomic mass is 32.2. The van der Waals surface area contributed by atoms with Gasteiger partial charge in [0.2, 0.25) is 11.8 Å². The summed E-state index contributed by atoms with van der Waals surface area (Å²) >= 11 is 1.41. The SMILES string of the molecule is CSC1CC(=O)N(CCCC(=O)C[N@+]23CC[N@+]4(C)CC[N+]5(C)CC[N@+](CC(=O)O)(CC2)[C@@]543)C1=O. The van der Waals surface area contributed by atoms with Gasteiger partial charge in [-0.3, -0.25) is 19.3 Å². The molecule has 0 bridgehead atoms. The Balaban J connectivity index is 1.35. The molecule has 34 heavy (non-hydrogen) atoms. The van der Waals surface area contributed by atoms with Crippen molar-refractivity contribution in [3.05, 3.63) is 0 Å². The van der Waals surface area contributed by atoms with Crippen LogP contribution in [0, 0.1) is 0 Å². The molecule has 2 amide bonds. The number of ketones is 1. The standard InChI is InChI=1S/C23H38N5O5S/c1-25-7-8-26(2)10-12-28(17-21(31)32)14-13-27(11-9-25,23(25,26)28)16-18(29)5-4-6-24-20(30)15-19(34-3)22(24)33/h19H,4-17H2,1-3H3/q+3/p+1/t19?,23-,25+,26?,27+,28-/m1/s1. The number of likely N-dealkylation sites (N-methyl/N-ethyl adjacent to an activating group) is 2. The summed E-state index contributed by atoms with van der Waals surface area (Å²) in [6.07, 6.45) is 2.95. The maximum Gasteiger partial charge on any atom is 0.481 e. The van der Waals surface area contributed by atoms with Gasteiger partial charge >= 0.3 is 11.9 Å². The lowest BCUT2D eigenvalue weighted by Crippen LogP contribution is -2.83. The number of thioether (sulfide) groups is 1. The van der Waals surface area contributed by atoms with E-state index in [9.17, 15) is 24.3 Å². The normalized spacial score (nSPS) is 44.7. The number of carboxylic acid groups (broad SMARTS) is 1. The maximum atomic E-state index is 13.4. The summed E-state index contributed by atoms with van der Waals surface area (Å²) in [4.78, 5) is 51.4. The molecule has 5 saturated heterocycles. The summed E-state index contributed by atoms with van der Waals surface area (Å²) < 4.78 is 3.01. The van der Waals surface area contributed by atoms with Gasteiger partial charge in [-0.15, -0.1) is 4.48 Å². The molecule has 0 aliphatic carbocycles. The number of carboxylic acids is 1. The minimum atomic E-state index is -0.747. The molecule has 0 radical (unpaired) electrons. The van der Waals surface area contributed by atoms with Crippen molar-refractivity contribution >= 4 is 35.3 Å². The monoisotopic (exact) mass is 497 g/mol. The summed E-state index contributed by atoms with van der Waals surface area (Å²) in [5.74, 6) is -1.16. The van der Waals surface area contributed by atoms with Crippen molar-refractivity contribution in [1.29, 1.82) is 0 Å². The van der Waals surface area contributed by atoms with Gasteiger partial charge < -0.3 is 5.11 Å². The van der Waals surface area contributed by atoms with Crippen LogP contribution in [0.1, 0.15) is 19.3 Å². The molecule has 5 aliphatic heterocycles. The summed E-state index contributed by atoms with van der Waals surface area (Å²) in [5, 5.41) is 9.61. The van der Waals surface area contributed by atoms with E-state index in [1.165, 1.54) is 16.7 Å². The van der Waals surface area contributed by atoms with Crippen molar-refractivity contribution in [2.45, 2.75) is 30.4 Å². The molecule has 2 unspecified atom stereocenters. The number of quaternary nitrogens is 4. The molecule has 5 aliphatic rings. The third-order valence-electron chi connectivity index (χ3n) is 10.0. The number of likely N-dealkylation sites (tertiary alicyclic amines) is 1. The second kappa shape index (κ2) is 7.73. The molecule has 0 aromatic heterocycles. The van der Waals surface area contributed by atoms with Gasteiger partial charge in [-0.1, -0.05) is 0 Å². The van der Waals surface area contributed by atoms with Crippen molar-refractivity contribution < 1.29 is 42.2 Å². The summed E-state index contributed by atoms with van der Waals surface area (Å²) in [7, 11) is 4.60. The van der Waals surface area contributed by atoms with Crippen LogP contribution in [-0.2, 0) is 19.2 Å². The average Bonchev–Trinajstić information content (AvgIpc) is 3.45. The first kappa shape index (κ1) is 24.2. The number of Topliss-reactive ketones (excluding diaryl/α,β-unsaturated/α-hetero) is 1. The van der Waals surface area contributed by atoms with Crippen LogP contribution in [0.3, 0.4) is 0 Å². The Hall–Kier alpha value is -1.53. The number of aliphatic carboxylic acids is 1. The van der Waals surface area contributed by atoms with E-state index in [4.69, 9.17) is 0 Å². The first-order chi connectivity index (χ1) is 16.0. The van der Waals surface area contributed by atoms with E-state index < -0.39 is 5.97 Å². The fourth-order valence-corrected chi connectivity index (χ4v) is 9.73. The summed E-state index contributed by atoms with van der Waals surface area (Å²) in [6.45, 7) is 8.30. The van der Waals surface area contributed by atoms with E-state index in [0.717, 1.165) is 61.3 Å². The molecule has 0 saturated carbocycles. The van der Waals surface area contributed by atoms with Crippen LogP contribution in [0.15, 0.2) is 0 Å². The molecule has 6 atom stereocenters. The Kier molecular flexibility index (Phi) is 5.50. The topological polar surface area (TPSA) is 91.8 Å². The third-order valence-corrected chi connectivity index (χ3v) is 11.0. The Bertz CT molecular complexity index is 952. The van der Waals surface area contributed by atoms with Gasteiger partial charge in [-0.2, -0.15) is 25.2 Å².